The average Bonchev–Trinajstić information content (AvgIpc) is 3.04. The first-order valence-electron chi connectivity index (χ1n) is 7.00. The molecule has 2 fully saturated rings. The topological polar surface area (TPSA) is 81.9 Å². The molecule has 0 radical (unpaired) electrons. The Kier molecular flexibility index (Phi) is 5.01. The third-order valence-corrected chi connectivity index (χ3v) is 3.79. The zero-order chi connectivity index (χ0) is 13.7. The zero-order valence-electron chi connectivity index (χ0n) is 11.2. The molecule has 2 unspecified atom stereocenters. The highest BCUT2D eigenvalue weighted by Crippen LogP contribution is 2.19. The van der Waals surface area contributed by atoms with Gasteiger partial charge in [-0.2, -0.15) is 0 Å². The first-order chi connectivity index (χ1) is 9.16. The van der Waals surface area contributed by atoms with Gasteiger partial charge in [-0.3, -0.25) is 4.79 Å². The smallest absolute Gasteiger partial charge is 0.315 e. The Bertz CT molecular complexity index is 329. The van der Waals surface area contributed by atoms with E-state index < -0.39 is 6.03 Å². The summed E-state index contributed by atoms with van der Waals surface area (Å²) in [5.41, 5.74) is 5.27. The molecule has 2 N–H and O–H groups in total. The number of nitrogens with zero attached hydrogens (tertiary/aromatic N) is 1. The number of esters is 1. The van der Waals surface area contributed by atoms with Gasteiger partial charge in [0.2, 0.25) is 0 Å². The van der Waals surface area contributed by atoms with Gasteiger partial charge in [0.05, 0.1) is 12.1 Å². The molecule has 108 valence electrons. The monoisotopic (exact) mass is 270 g/mol. The number of hydrogen-bond donors (Lipinski definition) is 1. The van der Waals surface area contributed by atoms with Gasteiger partial charge in [0, 0.05) is 19.6 Å². The van der Waals surface area contributed by atoms with Crippen LogP contribution in [0.15, 0.2) is 0 Å². The molecule has 2 aliphatic rings. The molecule has 2 amide bonds. The number of amides is 2. The van der Waals surface area contributed by atoms with E-state index in [2.05, 4.69) is 0 Å². The maximum atomic E-state index is 11.6. The molecular formula is C13H22N2O4. The predicted molar refractivity (Wildman–Crippen MR) is 68.5 cm³/mol. The molecular weight excluding hydrogens is 248 g/mol. The molecule has 0 aliphatic carbocycles. The van der Waals surface area contributed by atoms with E-state index in [9.17, 15) is 9.59 Å². The van der Waals surface area contributed by atoms with Crippen LogP contribution >= 0.6 is 0 Å². The molecule has 2 atom stereocenters. The fourth-order valence-corrected chi connectivity index (χ4v) is 2.71. The standard InChI is InChI=1S/C13H22N2O4/c14-13(17)15-7-1-3-10(15)9-19-12(16)6-5-11-4-2-8-18-11/h10-11H,1-9H2,(H2,14,17). The average molecular weight is 270 g/mol. The van der Waals surface area contributed by atoms with Crippen LogP contribution in [0.2, 0.25) is 0 Å². The van der Waals surface area contributed by atoms with Crippen LogP contribution in [0.3, 0.4) is 0 Å². The third-order valence-electron chi connectivity index (χ3n) is 3.79. The first kappa shape index (κ1) is 14.1. The third kappa shape index (κ3) is 4.09. The van der Waals surface area contributed by atoms with Crippen molar-refractivity contribution in [3.8, 4) is 0 Å². The Morgan fingerprint density at radius 1 is 1.32 bits per heavy atom. The molecule has 0 saturated carbocycles. The molecule has 2 saturated heterocycles. The summed E-state index contributed by atoms with van der Waals surface area (Å²) in [4.78, 5) is 24.3. The Morgan fingerprint density at radius 2 is 2.16 bits per heavy atom. The number of primary amides is 1. The fraction of sp³-hybridized carbons (Fsp3) is 0.846. The van der Waals surface area contributed by atoms with E-state index in [1.807, 2.05) is 0 Å². The number of carbonyl (C=O) groups is 2. The summed E-state index contributed by atoms with van der Waals surface area (Å²) in [5, 5.41) is 0. The van der Waals surface area contributed by atoms with Crippen LogP contribution in [-0.4, -0.2) is 48.8 Å². The van der Waals surface area contributed by atoms with Gasteiger partial charge in [0.15, 0.2) is 0 Å². The van der Waals surface area contributed by atoms with Gasteiger partial charge in [0.25, 0.3) is 0 Å². The predicted octanol–water partition coefficient (Wildman–Crippen LogP) is 1.03. The SMILES string of the molecule is NC(=O)N1CCCC1COC(=O)CCC1CCCO1. The van der Waals surface area contributed by atoms with E-state index >= 15 is 0 Å². The molecule has 0 bridgehead atoms. The number of carbonyl (C=O) groups excluding carboxylic acids is 2. The summed E-state index contributed by atoms with van der Waals surface area (Å²) in [6.07, 6.45) is 5.20. The first-order valence-corrected chi connectivity index (χ1v) is 7.00. The van der Waals surface area contributed by atoms with Crippen LogP contribution in [0.25, 0.3) is 0 Å². The molecule has 0 aromatic heterocycles. The minimum atomic E-state index is -0.432. The molecule has 19 heavy (non-hydrogen) atoms. The van der Waals surface area contributed by atoms with E-state index in [1.54, 1.807) is 4.90 Å². The van der Waals surface area contributed by atoms with E-state index in [-0.39, 0.29) is 24.7 Å². The van der Waals surface area contributed by atoms with Crippen molar-refractivity contribution in [1.29, 1.82) is 0 Å². The van der Waals surface area contributed by atoms with Gasteiger partial charge < -0.3 is 20.1 Å². The molecule has 6 heteroatoms. The highest BCUT2D eigenvalue weighted by molar-refractivity contribution is 5.73. The van der Waals surface area contributed by atoms with E-state index in [0.717, 1.165) is 38.7 Å². The minimum Gasteiger partial charge on any atom is -0.463 e. The summed E-state index contributed by atoms with van der Waals surface area (Å²) >= 11 is 0. The second kappa shape index (κ2) is 6.75. The Balaban J connectivity index is 1.64. The Hall–Kier alpha value is -1.30. The van der Waals surface area contributed by atoms with Crippen LogP contribution in [0.1, 0.15) is 38.5 Å². The second-order valence-electron chi connectivity index (χ2n) is 5.18. The van der Waals surface area contributed by atoms with Crippen molar-refractivity contribution < 1.29 is 19.1 Å². The normalized spacial score (nSPS) is 26.6. The highest BCUT2D eigenvalue weighted by Gasteiger charge is 2.28. The van der Waals surface area contributed by atoms with Crippen molar-refractivity contribution in [3.63, 3.8) is 0 Å². The highest BCUT2D eigenvalue weighted by atomic mass is 16.5. The molecule has 0 spiro atoms. The Morgan fingerprint density at radius 3 is 2.84 bits per heavy atom. The maximum Gasteiger partial charge on any atom is 0.315 e. The van der Waals surface area contributed by atoms with Crippen molar-refractivity contribution in [3.05, 3.63) is 0 Å². The van der Waals surface area contributed by atoms with Gasteiger partial charge in [-0.25, -0.2) is 4.79 Å². The summed E-state index contributed by atoms with van der Waals surface area (Å²) in [7, 11) is 0. The van der Waals surface area contributed by atoms with Gasteiger partial charge in [-0.15, -0.1) is 0 Å². The number of ether oxygens (including phenoxy) is 2. The van der Waals surface area contributed by atoms with Gasteiger partial charge in [-0.05, 0) is 32.1 Å². The number of urea groups is 1. The van der Waals surface area contributed by atoms with Crippen molar-refractivity contribution >= 4 is 12.0 Å². The van der Waals surface area contributed by atoms with E-state index in [0.29, 0.717) is 13.0 Å². The fourth-order valence-electron chi connectivity index (χ4n) is 2.71. The van der Waals surface area contributed by atoms with Crippen molar-refractivity contribution in [2.45, 2.75) is 50.7 Å². The van der Waals surface area contributed by atoms with E-state index in [4.69, 9.17) is 15.2 Å². The molecule has 6 nitrogen and oxygen atoms in total. The van der Waals surface area contributed by atoms with Gasteiger partial charge in [-0.1, -0.05) is 0 Å². The number of nitrogens with two attached hydrogens (primary N) is 1. The number of likely N-dealkylation sites (tertiary alicyclic amines) is 1. The van der Waals surface area contributed by atoms with Crippen molar-refractivity contribution in [1.82, 2.24) is 4.90 Å². The molecule has 2 heterocycles. The van der Waals surface area contributed by atoms with Crippen LogP contribution in [0.4, 0.5) is 4.79 Å². The lowest BCUT2D eigenvalue weighted by Crippen LogP contribution is -2.42. The van der Waals surface area contributed by atoms with Crippen molar-refractivity contribution in [2.24, 2.45) is 5.73 Å². The molecule has 2 rings (SSSR count). The summed E-state index contributed by atoms with van der Waals surface area (Å²) in [6, 6.07) is -0.484. The largest absolute Gasteiger partial charge is 0.463 e. The number of hydrogen-bond acceptors (Lipinski definition) is 4. The van der Waals surface area contributed by atoms with Crippen LogP contribution in [-0.2, 0) is 14.3 Å². The molecule has 0 aromatic rings. The van der Waals surface area contributed by atoms with Crippen LogP contribution in [0, 0.1) is 0 Å². The van der Waals surface area contributed by atoms with Gasteiger partial charge in [0.1, 0.15) is 6.61 Å². The molecule has 0 aromatic carbocycles. The van der Waals surface area contributed by atoms with Crippen LogP contribution in [0.5, 0.6) is 0 Å². The van der Waals surface area contributed by atoms with E-state index in [1.165, 1.54) is 0 Å². The lowest BCUT2D eigenvalue weighted by Gasteiger charge is -2.22. The van der Waals surface area contributed by atoms with Crippen LogP contribution < -0.4 is 5.73 Å². The number of rotatable bonds is 5. The van der Waals surface area contributed by atoms with Crippen molar-refractivity contribution in [2.75, 3.05) is 19.8 Å². The Labute approximate surface area is 113 Å². The van der Waals surface area contributed by atoms with Gasteiger partial charge >= 0.3 is 12.0 Å². The minimum absolute atomic E-state index is 0.0517. The summed E-state index contributed by atoms with van der Waals surface area (Å²) in [6.45, 7) is 1.72. The second-order valence-corrected chi connectivity index (χ2v) is 5.18. The summed E-state index contributed by atoms with van der Waals surface area (Å²) < 4.78 is 10.7. The lowest BCUT2D eigenvalue weighted by molar-refractivity contribution is -0.145. The quantitative estimate of drug-likeness (QED) is 0.756. The summed E-state index contributed by atoms with van der Waals surface area (Å²) in [5.74, 6) is -0.216. The molecule has 2 aliphatic heterocycles. The maximum absolute atomic E-state index is 11.6. The lowest BCUT2D eigenvalue weighted by atomic mass is 10.1. The zero-order valence-corrected chi connectivity index (χ0v) is 11.2.